The van der Waals surface area contributed by atoms with E-state index < -0.39 is 5.97 Å². The Labute approximate surface area is 95.6 Å². The molecule has 1 amide bonds. The minimum absolute atomic E-state index is 0.0401. The van der Waals surface area contributed by atoms with E-state index in [2.05, 4.69) is 0 Å². The topological polar surface area (TPSA) is 57.6 Å². The number of carbonyl (C=O) groups excluding carboxylic acids is 1. The molecule has 2 unspecified atom stereocenters. The van der Waals surface area contributed by atoms with Crippen LogP contribution in [0.15, 0.2) is 0 Å². The highest BCUT2D eigenvalue weighted by atomic mass is 16.4. The first-order chi connectivity index (χ1) is 7.63. The summed E-state index contributed by atoms with van der Waals surface area (Å²) in [6.07, 6.45) is 4.19. The van der Waals surface area contributed by atoms with E-state index in [1.807, 2.05) is 11.8 Å². The van der Waals surface area contributed by atoms with Crippen LogP contribution in [0, 0.1) is 11.8 Å². The van der Waals surface area contributed by atoms with Crippen molar-refractivity contribution in [2.24, 2.45) is 11.8 Å². The van der Waals surface area contributed by atoms with E-state index in [-0.39, 0.29) is 17.7 Å². The average Bonchev–Trinajstić information content (AvgIpc) is 2.96. The van der Waals surface area contributed by atoms with Gasteiger partial charge in [-0.2, -0.15) is 0 Å². The summed E-state index contributed by atoms with van der Waals surface area (Å²) >= 11 is 0. The molecule has 2 atom stereocenters. The fourth-order valence-electron chi connectivity index (χ4n) is 2.64. The molecule has 0 saturated heterocycles. The lowest BCUT2D eigenvalue weighted by molar-refractivity contribution is -0.141. The molecule has 2 aliphatic carbocycles. The Kier molecular flexibility index (Phi) is 3.17. The van der Waals surface area contributed by atoms with Crippen molar-refractivity contribution in [1.29, 1.82) is 0 Å². The summed E-state index contributed by atoms with van der Waals surface area (Å²) in [5.74, 6) is -0.896. The van der Waals surface area contributed by atoms with Crippen LogP contribution in [0.3, 0.4) is 0 Å². The van der Waals surface area contributed by atoms with Gasteiger partial charge in [0.2, 0.25) is 5.91 Å². The van der Waals surface area contributed by atoms with Gasteiger partial charge in [0, 0.05) is 18.5 Å². The van der Waals surface area contributed by atoms with Gasteiger partial charge in [-0.25, -0.2) is 0 Å². The van der Waals surface area contributed by atoms with Gasteiger partial charge in [-0.1, -0.05) is 0 Å². The smallest absolute Gasteiger partial charge is 0.306 e. The number of carbonyl (C=O) groups is 2. The molecule has 1 N–H and O–H groups in total. The Morgan fingerprint density at radius 2 is 1.81 bits per heavy atom. The van der Waals surface area contributed by atoms with Gasteiger partial charge in [0.05, 0.1) is 5.92 Å². The highest BCUT2D eigenvalue weighted by Gasteiger charge is 2.39. The molecular weight excluding hydrogens is 206 g/mol. The number of nitrogens with zero attached hydrogens (tertiary/aromatic N) is 1. The van der Waals surface area contributed by atoms with Gasteiger partial charge in [0.25, 0.3) is 0 Å². The van der Waals surface area contributed by atoms with Crippen molar-refractivity contribution in [2.75, 3.05) is 6.54 Å². The van der Waals surface area contributed by atoms with Crippen LogP contribution in [0.2, 0.25) is 0 Å². The van der Waals surface area contributed by atoms with E-state index in [9.17, 15) is 9.59 Å². The Morgan fingerprint density at radius 1 is 1.19 bits per heavy atom. The Hall–Kier alpha value is -1.06. The molecule has 4 heteroatoms. The maximum Gasteiger partial charge on any atom is 0.306 e. The van der Waals surface area contributed by atoms with Gasteiger partial charge in [-0.05, 0) is 39.0 Å². The minimum atomic E-state index is -0.746. The molecule has 2 fully saturated rings. The molecule has 0 heterocycles. The van der Waals surface area contributed by atoms with Crippen molar-refractivity contribution in [3.63, 3.8) is 0 Å². The number of aliphatic carboxylic acids is 1. The molecule has 2 aliphatic rings. The number of rotatable bonds is 4. The van der Waals surface area contributed by atoms with Gasteiger partial charge in [0.1, 0.15) is 0 Å². The molecule has 0 aliphatic heterocycles. The third-order valence-corrected chi connectivity index (χ3v) is 3.74. The third-order valence-electron chi connectivity index (χ3n) is 3.74. The quantitative estimate of drug-likeness (QED) is 0.788. The summed E-state index contributed by atoms with van der Waals surface area (Å²) in [7, 11) is 0. The molecular formula is C12H19NO3. The third kappa shape index (κ3) is 2.20. The van der Waals surface area contributed by atoms with Gasteiger partial charge in [0.15, 0.2) is 0 Å². The SMILES string of the molecule is CCN(C(=O)C1CCC(C(=O)O)C1)C1CC1. The van der Waals surface area contributed by atoms with Crippen molar-refractivity contribution >= 4 is 11.9 Å². The van der Waals surface area contributed by atoms with Crippen molar-refractivity contribution in [3.8, 4) is 0 Å². The molecule has 0 aromatic heterocycles. The van der Waals surface area contributed by atoms with Crippen LogP contribution in [-0.4, -0.2) is 34.5 Å². The van der Waals surface area contributed by atoms with E-state index in [4.69, 9.17) is 5.11 Å². The highest BCUT2D eigenvalue weighted by molar-refractivity contribution is 5.81. The Balaban J connectivity index is 1.92. The maximum absolute atomic E-state index is 12.2. The Morgan fingerprint density at radius 3 is 2.25 bits per heavy atom. The van der Waals surface area contributed by atoms with Crippen molar-refractivity contribution in [1.82, 2.24) is 4.90 Å². The van der Waals surface area contributed by atoms with Crippen molar-refractivity contribution < 1.29 is 14.7 Å². The molecule has 16 heavy (non-hydrogen) atoms. The number of carboxylic acid groups (broad SMARTS) is 1. The van der Waals surface area contributed by atoms with Crippen LogP contribution in [-0.2, 0) is 9.59 Å². The summed E-state index contributed by atoms with van der Waals surface area (Å²) in [5, 5.41) is 8.91. The fraction of sp³-hybridized carbons (Fsp3) is 0.833. The second kappa shape index (κ2) is 4.44. The second-order valence-electron chi connectivity index (χ2n) is 4.90. The largest absolute Gasteiger partial charge is 0.481 e. The molecule has 0 aromatic rings. The van der Waals surface area contributed by atoms with Gasteiger partial charge in [-0.15, -0.1) is 0 Å². The molecule has 4 nitrogen and oxygen atoms in total. The standard InChI is InChI=1S/C12H19NO3/c1-2-13(10-5-6-10)11(14)8-3-4-9(7-8)12(15)16/h8-10H,2-7H2,1H3,(H,15,16). The van der Waals surface area contributed by atoms with Gasteiger partial charge in [-0.3, -0.25) is 9.59 Å². The highest BCUT2D eigenvalue weighted by Crippen LogP contribution is 2.35. The zero-order valence-electron chi connectivity index (χ0n) is 9.69. The fourth-order valence-corrected chi connectivity index (χ4v) is 2.64. The Bertz CT molecular complexity index is 299. The summed E-state index contributed by atoms with van der Waals surface area (Å²) in [6, 6.07) is 0.446. The van der Waals surface area contributed by atoms with Crippen molar-refractivity contribution in [2.45, 2.75) is 45.1 Å². The van der Waals surface area contributed by atoms with Crippen LogP contribution in [0.5, 0.6) is 0 Å². The zero-order chi connectivity index (χ0) is 11.7. The molecule has 2 saturated carbocycles. The molecule has 0 spiro atoms. The second-order valence-corrected chi connectivity index (χ2v) is 4.90. The number of amides is 1. The lowest BCUT2D eigenvalue weighted by Gasteiger charge is -2.23. The predicted octanol–water partition coefficient (Wildman–Crippen LogP) is 1.50. The predicted molar refractivity (Wildman–Crippen MR) is 58.9 cm³/mol. The van der Waals surface area contributed by atoms with Crippen LogP contribution < -0.4 is 0 Å². The van der Waals surface area contributed by atoms with E-state index in [1.165, 1.54) is 0 Å². The van der Waals surface area contributed by atoms with Gasteiger partial charge < -0.3 is 10.0 Å². The minimum Gasteiger partial charge on any atom is -0.481 e. The summed E-state index contributed by atoms with van der Waals surface area (Å²) in [5.41, 5.74) is 0. The van der Waals surface area contributed by atoms with Gasteiger partial charge >= 0.3 is 5.97 Å². The number of hydrogen-bond acceptors (Lipinski definition) is 2. The van der Waals surface area contributed by atoms with Crippen LogP contribution in [0.4, 0.5) is 0 Å². The maximum atomic E-state index is 12.2. The van der Waals surface area contributed by atoms with E-state index in [1.54, 1.807) is 0 Å². The average molecular weight is 225 g/mol. The van der Waals surface area contributed by atoms with E-state index in [0.717, 1.165) is 25.8 Å². The number of hydrogen-bond donors (Lipinski definition) is 1. The lowest BCUT2D eigenvalue weighted by Crippen LogP contribution is -2.37. The zero-order valence-corrected chi connectivity index (χ0v) is 9.69. The first-order valence-corrected chi connectivity index (χ1v) is 6.16. The molecule has 0 bridgehead atoms. The lowest BCUT2D eigenvalue weighted by atomic mass is 10.0. The van der Waals surface area contributed by atoms with E-state index >= 15 is 0 Å². The molecule has 2 rings (SSSR count). The first kappa shape index (κ1) is 11.4. The summed E-state index contributed by atoms with van der Waals surface area (Å²) in [6.45, 7) is 2.76. The normalized spacial score (nSPS) is 29.1. The molecule has 0 radical (unpaired) electrons. The van der Waals surface area contributed by atoms with Crippen molar-refractivity contribution in [3.05, 3.63) is 0 Å². The first-order valence-electron chi connectivity index (χ1n) is 6.16. The van der Waals surface area contributed by atoms with E-state index in [0.29, 0.717) is 18.9 Å². The number of carboxylic acids is 1. The van der Waals surface area contributed by atoms with Crippen LogP contribution in [0.1, 0.15) is 39.0 Å². The van der Waals surface area contributed by atoms with Crippen LogP contribution >= 0.6 is 0 Å². The van der Waals surface area contributed by atoms with Crippen LogP contribution in [0.25, 0.3) is 0 Å². The summed E-state index contributed by atoms with van der Waals surface area (Å²) in [4.78, 5) is 24.9. The molecule has 0 aromatic carbocycles. The molecule has 90 valence electrons. The summed E-state index contributed by atoms with van der Waals surface area (Å²) < 4.78 is 0. The monoisotopic (exact) mass is 225 g/mol.